The number of nitroso groups, excluding NO2 is 1. The van der Waals surface area contributed by atoms with Crippen LogP contribution in [0.1, 0.15) is 0 Å². The lowest BCUT2D eigenvalue weighted by Crippen LogP contribution is -2.06. The van der Waals surface area contributed by atoms with Crippen LogP contribution in [0.2, 0.25) is 5.02 Å². The summed E-state index contributed by atoms with van der Waals surface area (Å²) in [7, 11) is 0. The van der Waals surface area contributed by atoms with Crippen molar-refractivity contribution in [3.63, 3.8) is 0 Å². The van der Waals surface area contributed by atoms with E-state index in [1.165, 1.54) is 5.01 Å². The lowest BCUT2D eigenvalue weighted by molar-refractivity contribution is 1.07. The zero-order valence-corrected chi connectivity index (χ0v) is 9.06. The first-order valence-corrected chi connectivity index (χ1v) is 5.04. The van der Waals surface area contributed by atoms with Crippen LogP contribution in [0, 0.1) is 11.0 Å². The van der Waals surface area contributed by atoms with Gasteiger partial charge in [0.25, 0.3) is 0 Å². The number of nitrogens with zero attached hydrogens (tertiary/aromatic N) is 2. The zero-order chi connectivity index (χ0) is 11.4. The molecule has 2 aromatic rings. The minimum Gasteiger partial charge on any atom is -0.197 e. The van der Waals surface area contributed by atoms with E-state index >= 15 is 0 Å². The molecule has 0 fully saturated rings. The SMILES string of the molecule is O=NN(c1cc[c]cc1)c1ccc(Cl)cc1. The number of benzene rings is 2. The first kappa shape index (κ1) is 10.6. The summed E-state index contributed by atoms with van der Waals surface area (Å²) < 4.78 is 0. The fourth-order valence-corrected chi connectivity index (χ4v) is 1.47. The standard InChI is InChI=1S/C12H8ClN2O/c13-10-6-8-12(9-7-10)15(14-16)11-4-2-1-3-5-11/h2-9H. The predicted octanol–water partition coefficient (Wildman–Crippen LogP) is 3.96. The quantitative estimate of drug-likeness (QED) is 0.592. The third-order valence-corrected chi connectivity index (χ3v) is 2.35. The van der Waals surface area contributed by atoms with Crippen molar-refractivity contribution in [2.45, 2.75) is 0 Å². The van der Waals surface area contributed by atoms with Gasteiger partial charge in [0.05, 0.1) is 16.7 Å². The minimum absolute atomic E-state index is 0.621. The van der Waals surface area contributed by atoms with Crippen LogP contribution in [0.5, 0.6) is 0 Å². The highest BCUT2D eigenvalue weighted by atomic mass is 35.5. The van der Waals surface area contributed by atoms with E-state index in [1.54, 1.807) is 48.5 Å². The van der Waals surface area contributed by atoms with Crippen molar-refractivity contribution < 1.29 is 0 Å². The average Bonchev–Trinajstić information content (AvgIpc) is 2.34. The Kier molecular flexibility index (Phi) is 3.17. The van der Waals surface area contributed by atoms with E-state index in [9.17, 15) is 4.91 Å². The van der Waals surface area contributed by atoms with Gasteiger partial charge >= 0.3 is 0 Å². The van der Waals surface area contributed by atoms with Gasteiger partial charge in [-0.25, -0.2) is 0 Å². The van der Waals surface area contributed by atoms with Gasteiger partial charge < -0.3 is 0 Å². The molecular formula is C12H8ClN2O. The van der Waals surface area contributed by atoms with Gasteiger partial charge in [0.2, 0.25) is 0 Å². The number of rotatable bonds is 3. The molecule has 0 amide bonds. The average molecular weight is 232 g/mol. The summed E-state index contributed by atoms with van der Waals surface area (Å²) in [5.74, 6) is 0. The molecule has 0 aliphatic heterocycles. The summed E-state index contributed by atoms with van der Waals surface area (Å²) in [5, 5.41) is 4.90. The van der Waals surface area contributed by atoms with Gasteiger partial charge in [0, 0.05) is 5.02 Å². The van der Waals surface area contributed by atoms with Crippen molar-refractivity contribution >= 4 is 23.0 Å². The molecule has 0 saturated carbocycles. The molecule has 0 aliphatic rings. The maximum atomic E-state index is 10.8. The van der Waals surface area contributed by atoms with Crippen molar-refractivity contribution in [3.05, 3.63) is 64.5 Å². The molecule has 0 N–H and O–H groups in total. The lowest BCUT2D eigenvalue weighted by atomic mass is 10.2. The van der Waals surface area contributed by atoms with E-state index in [2.05, 4.69) is 11.4 Å². The molecule has 2 aromatic carbocycles. The third-order valence-electron chi connectivity index (χ3n) is 2.10. The van der Waals surface area contributed by atoms with Gasteiger partial charge in [-0.15, -0.1) is 4.91 Å². The first-order chi connectivity index (χ1) is 7.81. The molecule has 3 nitrogen and oxygen atoms in total. The Bertz CT molecular complexity index is 470. The van der Waals surface area contributed by atoms with Crippen molar-refractivity contribution in [2.75, 3.05) is 5.01 Å². The highest BCUT2D eigenvalue weighted by molar-refractivity contribution is 6.30. The van der Waals surface area contributed by atoms with E-state index in [0.29, 0.717) is 16.4 Å². The largest absolute Gasteiger partial charge is 0.197 e. The number of halogens is 1. The first-order valence-electron chi connectivity index (χ1n) is 4.66. The second-order valence-corrected chi connectivity index (χ2v) is 3.56. The van der Waals surface area contributed by atoms with Crippen molar-refractivity contribution in [1.29, 1.82) is 0 Å². The molecule has 0 spiro atoms. The van der Waals surface area contributed by atoms with Crippen LogP contribution in [-0.4, -0.2) is 0 Å². The van der Waals surface area contributed by atoms with Gasteiger partial charge in [0.15, 0.2) is 0 Å². The lowest BCUT2D eigenvalue weighted by Gasteiger charge is -2.14. The van der Waals surface area contributed by atoms with Crippen LogP contribution in [0.15, 0.2) is 53.8 Å². The third kappa shape index (κ3) is 2.20. The molecule has 4 heteroatoms. The summed E-state index contributed by atoms with van der Waals surface area (Å²) >= 11 is 5.77. The van der Waals surface area contributed by atoms with Crippen molar-refractivity contribution in [3.8, 4) is 0 Å². The van der Waals surface area contributed by atoms with Crippen LogP contribution in [-0.2, 0) is 0 Å². The Labute approximate surface area is 98.2 Å². The Morgan fingerprint density at radius 2 is 1.56 bits per heavy atom. The zero-order valence-electron chi connectivity index (χ0n) is 8.30. The Morgan fingerprint density at radius 3 is 2.12 bits per heavy atom. The van der Waals surface area contributed by atoms with E-state index < -0.39 is 0 Å². The van der Waals surface area contributed by atoms with E-state index in [-0.39, 0.29) is 0 Å². The molecule has 1 radical (unpaired) electrons. The smallest absolute Gasteiger partial charge is 0.0686 e. The fourth-order valence-electron chi connectivity index (χ4n) is 1.34. The van der Waals surface area contributed by atoms with Crippen LogP contribution >= 0.6 is 11.6 Å². The molecule has 0 aromatic heterocycles. The molecule has 79 valence electrons. The van der Waals surface area contributed by atoms with Gasteiger partial charge in [-0.2, -0.15) is 5.01 Å². The maximum Gasteiger partial charge on any atom is 0.0686 e. The molecule has 16 heavy (non-hydrogen) atoms. The highest BCUT2D eigenvalue weighted by Gasteiger charge is 2.08. The van der Waals surface area contributed by atoms with Gasteiger partial charge in [-0.3, -0.25) is 0 Å². The van der Waals surface area contributed by atoms with Crippen LogP contribution in [0.4, 0.5) is 11.4 Å². The second kappa shape index (κ2) is 4.77. The molecule has 2 rings (SSSR count). The van der Waals surface area contributed by atoms with E-state index in [4.69, 9.17) is 11.6 Å². The summed E-state index contributed by atoms with van der Waals surface area (Å²) in [5.41, 5.74) is 1.36. The van der Waals surface area contributed by atoms with Crippen LogP contribution in [0.25, 0.3) is 0 Å². The molecular weight excluding hydrogens is 224 g/mol. The van der Waals surface area contributed by atoms with Crippen molar-refractivity contribution in [2.24, 2.45) is 5.29 Å². The fraction of sp³-hybridized carbons (Fsp3) is 0. The monoisotopic (exact) mass is 231 g/mol. The molecule has 0 heterocycles. The highest BCUT2D eigenvalue weighted by Crippen LogP contribution is 2.26. The number of hydrogen-bond acceptors (Lipinski definition) is 2. The summed E-state index contributed by atoms with van der Waals surface area (Å²) in [6, 6.07) is 16.7. The molecule has 0 unspecified atom stereocenters. The Balaban J connectivity index is 2.37. The predicted molar refractivity (Wildman–Crippen MR) is 64.7 cm³/mol. The van der Waals surface area contributed by atoms with Gasteiger partial charge in [-0.05, 0) is 42.5 Å². The van der Waals surface area contributed by atoms with Crippen LogP contribution < -0.4 is 5.01 Å². The maximum absolute atomic E-state index is 10.8. The summed E-state index contributed by atoms with van der Waals surface area (Å²) in [6.07, 6.45) is 0. The summed E-state index contributed by atoms with van der Waals surface area (Å²) in [6.45, 7) is 0. The van der Waals surface area contributed by atoms with Gasteiger partial charge in [-0.1, -0.05) is 23.7 Å². The number of hydrogen-bond donors (Lipinski definition) is 0. The second-order valence-electron chi connectivity index (χ2n) is 3.13. The molecule has 0 aliphatic carbocycles. The Morgan fingerprint density at radius 1 is 1.00 bits per heavy atom. The minimum atomic E-state index is 0.621. The molecule has 0 saturated heterocycles. The normalized spacial score (nSPS) is 9.81. The topological polar surface area (TPSA) is 32.7 Å². The number of anilines is 2. The Hall–Kier alpha value is -1.87. The van der Waals surface area contributed by atoms with Crippen molar-refractivity contribution in [1.82, 2.24) is 0 Å². The van der Waals surface area contributed by atoms with E-state index in [1.807, 2.05) is 0 Å². The van der Waals surface area contributed by atoms with Crippen LogP contribution in [0.3, 0.4) is 0 Å². The molecule has 0 atom stereocenters. The molecule has 0 bridgehead atoms. The summed E-state index contributed by atoms with van der Waals surface area (Å²) in [4.78, 5) is 10.8. The van der Waals surface area contributed by atoms with E-state index in [0.717, 1.165) is 0 Å². The van der Waals surface area contributed by atoms with Gasteiger partial charge in [0.1, 0.15) is 0 Å².